The fourth-order valence-electron chi connectivity index (χ4n) is 2.10. The number of rotatable bonds is 8. The molecule has 0 amide bonds. The lowest BCUT2D eigenvalue weighted by molar-refractivity contribution is 0.393. The van der Waals surface area contributed by atoms with E-state index in [4.69, 9.17) is 0 Å². The van der Waals surface area contributed by atoms with E-state index in [-0.39, 0.29) is 0 Å². The van der Waals surface area contributed by atoms with E-state index in [1.807, 2.05) is 19.9 Å². The van der Waals surface area contributed by atoms with Crippen molar-refractivity contribution in [2.75, 3.05) is 20.1 Å². The van der Waals surface area contributed by atoms with Crippen molar-refractivity contribution < 1.29 is 8.42 Å². The average Bonchev–Trinajstić information content (AvgIpc) is 2.45. The Hall–Kier alpha value is -0.910. The molecule has 0 saturated carbocycles. The molecular weight excluding hydrogens is 284 g/mol. The lowest BCUT2D eigenvalue weighted by Crippen LogP contribution is -2.31. The molecule has 0 aliphatic heterocycles. The van der Waals surface area contributed by atoms with Gasteiger partial charge < -0.3 is 5.32 Å². The van der Waals surface area contributed by atoms with E-state index in [2.05, 4.69) is 19.2 Å². The zero-order chi connectivity index (χ0) is 16.0. The van der Waals surface area contributed by atoms with Crippen LogP contribution >= 0.6 is 0 Å². The van der Waals surface area contributed by atoms with Crippen LogP contribution in [0.15, 0.2) is 23.1 Å². The van der Waals surface area contributed by atoms with Gasteiger partial charge in [-0.3, -0.25) is 0 Å². The van der Waals surface area contributed by atoms with Crippen LogP contribution in [0.2, 0.25) is 0 Å². The molecule has 0 aliphatic rings. The van der Waals surface area contributed by atoms with Crippen LogP contribution in [0, 0.1) is 12.8 Å². The van der Waals surface area contributed by atoms with E-state index in [1.165, 1.54) is 4.31 Å². The maximum absolute atomic E-state index is 12.6. The standard InChI is InChI=1S/C16H28N2O2S/c1-6-13(3)12-18(5)21(19,20)16-9-8-14(4)15(10-16)11-17-7-2/h8-10,13,17H,6-7,11-12H2,1-5H3. The second kappa shape index (κ2) is 7.92. The molecule has 0 bridgehead atoms. The highest BCUT2D eigenvalue weighted by molar-refractivity contribution is 7.89. The van der Waals surface area contributed by atoms with Gasteiger partial charge in [0.2, 0.25) is 10.0 Å². The summed E-state index contributed by atoms with van der Waals surface area (Å²) in [4.78, 5) is 0.381. The van der Waals surface area contributed by atoms with Crippen molar-refractivity contribution in [3.05, 3.63) is 29.3 Å². The van der Waals surface area contributed by atoms with E-state index in [1.54, 1.807) is 19.2 Å². The van der Waals surface area contributed by atoms with Crippen molar-refractivity contribution in [2.45, 2.75) is 45.6 Å². The van der Waals surface area contributed by atoms with Gasteiger partial charge in [-0.15, -0.1) is 0 Å². The number of hydrogen-bond donors (Lipinski definition) is 1. The third-order valence-electron chi connectivity index (χ3n) is 3.86. The number of nitrogens with zero attached hydrogens (tertiary/aromatic N) is 1. The van der Waals surface area contributed by atoms with Crippen LogP contribution in [-0.4, -0.2) is 32.9 Å². The predicted octanol–water partition coefficient (Wildman–Crippen LogP) is 2.77. The summed E-state index contributed by atoms with van der Waals surface area (Å²) in [7, 11) is -1.74. The normalized spacial score (nSPS) is 13.6. The third kappa shape index (κ3) is 4.80. The van der Waals surface area contributed by atoms with Gasteiger partial charge in [0.15, 0.2) is 0 Å². The fourth-order valence-corrected chi connectivity index (χ4v) is 3.45. The van der Waals surface area contributed by atoms with E-state index < -0.39 is 10.0 Å². The van der Waals surface area contributed by atoms with Crippen molar-refractivity contribution in [1.29, 1.82) is 0 Å². The largest absolute Gasteiger partial charge is 0.313 e. The monoisotopic (exact) mass is 312 g/mol. The van der Waals surface area contributed by atoms with E-state index in [0.29, 0.717) is 23.9 Å². The molecule has 0 spiro atoms. The summed E-state index contributed by atoms with van der Waals surface area (Å²) in [6, 6.07) is 5.38. The molecule has 0 radical (unpaired) electrons. The van der Waals surface area contributed by atoms with Gasteiger partial charge in [0.05, 0.1) is 4.90 Å². The van der Waals surface area contributed by atoms with E-state index in [0.717, 1.165) is 24.1 Å². The molecule has 21 heavy (non-hydrogen) atoms. The molecule has 1 rings (SSSR count). The predicted molar refractivity (Wildman–Crippen MR) is 87.8 cm³/mol. The minimum absolute atomic E-state index is 0.358. The molecule has 1 aromatic rings. The molecule has 5 heteroatoms. The lowest BCUT2D eigenvalue weighted by Gasteiger charge is -2.21. The zero-order valence-electron chi connectivity index (χ0n) is 13.8. The Balaban J connectivity index is 3.02. The third-order valence-corrected chi connectivity index (χ3v) is 5.68. The van der Waals surface area contributed by atoms with Crippen LogP contribution in [0.4, 0.5) is 0 Å². The van der Waals surface area contributed by atoms with Gasteiger partial charge in [0, 0.05) is 20.1 Å². The van der Waals surface area contributed by atoms with Gasteiger partial charge in [-0.25, -0.2) is 12.7 Å². The molecule has 0 aromatic heterocycles. The van der Waals surface area contributed by atoms with Gasteiger partial charge >= 0.3 is 0 Å². The number of benzene rings is 1. The number of aryl methyl sites for hydroxylation is 1. The summed E-state index contributed by atoms with van der Waals surface area (Å²) in [6.07, 6.45) is 0.972. The van der Waals surface area contributed by atoms with Crippen molar-refractivity contribution in [3.8, 4) is 0 Å². The molecular formula is C16H28N2O2S. The van der Waals surface area contributed by atoms with Crippen LogP contribution < -0.4 is 5.32 Å². The van der Waals surface area contributed by atoms with E-state index >= 15 is 0 Å². The highest BCUT2D eigenvalue weighted by Gasteiger charge is 2.22. The van der Waals surface area contributed by atoms with Crippen LogP contribution in [0.1, 0.15) is 38.3 Å². The average molecular weight is 312 g/mol. The Kier molecular flexibility index (Phi) is 6.84. The first-order valence-corrected chi connectivity index (χ1v) is 9.03. The maximum atomic E-state index is 12.6. The maximum Gasteiger partial charge on any atom is 0.242 e. The van der Waals surface area contributed by atoms with Gasteiger partial charge in [-0.1, -0.05) is 33.3 Å². The molecule has 0 fully saturated rings. The van der Waals surface area contributed by atoms with Crippen molar-refractivity contribution in [3.63, 3.8) is 0 Å². The Morgan fingerprint density at radius 1 is 1.29 bits per heavy atom. The van der Waals surface area contributed by atoms with Crippen molar-refractivity contribution >= 4 is 10.0 Å². The first kappa shape index (κ1) is 18.1. The molecule has 0 aliphatic carbocycles. The summed E-state index contributed by atoms with van der Waals surface area (Å²) in [5.74, 6) is 0.358. The Morgan fingerprint density at radius 2 is 1.95 bits per heavy atom. The minimum atomic E-state index is -3.40. The first-order chi connectivity index (χ1) is 9.82. The Bertz CT molecular complexity index is 555. The summed E-state index contributed by atoms with van der Waals surface area (Å²) < 4.78 is 26.7. The molecule has 4 nitrogen and oxygen atoms in total. The number of sulfonamides is 1. The molecule has 120 valence electrons. The van der Waals surface area contributed by atoms with E-state index in [9.17, 15) is 8.42 Å². The number of nitrogens with one attached hydrogen (secondary N) is 1. The zero-order valence-corrected chi connectivity index (χ0v) is 14.6. The summed E-state index contributed by atoms with van der Waals surface area (Å²) in [6.45, 7) is 10.3. The van der Waals surface area contributed by atoms with Gasteiger partial charge in [0.25, 0.3) is 0 Å². The van der Waals surface area contributed by atoms with Crippen molar-refractivity contribution in [1.82, 2.24) is 9.62 Å². The minimum Gasteiger partial charge on any atom is -0.313 e. The molecule has 1 aromatic carbocycles. The Morgan fingerprint density at radius 3 is 2.52 bits per heavy atom. The molecule has 1 atom stereocenters. The second-order valence-corrected chi connectivity index (χ2v) is 7.71. The van der Waals surface area contributed by atoms with Gasteiger partial charge in [-0.2, -0.15) is 0 Å². The SMILES string of the molecule is CCNCc1cc(S(=O)(=O)N(C)CC(C)CC)ccc1C. The number of hydrogen-bond acceptors (Lipinski definition) is 3. The van der Waals surface area contributed by atoms with Crippen LogP contribution in [0.3, 0.4) is 0 Å². The molecule has 1 unspecified atom stereocenters. The van der Waals surface area contributed by atoms with Crippen LogP contribution in [0.25, 0.3) is 0 Å². The first-order valence-electron chi connectivity index (χ1n) is 7.59. The Labute approximate surface area is 129 Å². The summed E-state index contributed by atoms with van der Waals surface area (Å²) in [5.41, 5.74) is 2.15. The molecule has 0 heterocycles. The molecule has 0 saturated heterocycles. The van der Waals surface area contributed by atoms with Crippen LogP contribution in [-0.2, 0) is 16.6 Å². The quantitative estimate of drug-likeness (QED) is 0.803. The topological polar surface area (TPSA) is 49.4 Å². The smallest absolute Gasteiger partial charge is 0.242 e. The van der Waals surface area contributed by atoms with Gasteiger partial charge in [-0.05, 0) is 42.6 Å². The highest BCUT2D eigenvalue weighted by Crippen LogP contribution is 2.20. The van der Waals surface area contributed by atoms with Crippen LogP contribution in [0.5, 0.6) is 0 Å². The highest BCUT2D eigenvalue weighted by atomic mass is 32.2. The summed E-state index contributed by atoms with van der Waals surface area (Å²) >= 11 is 0. The fraction of sp³-hybridized carbons (Fsp3) is 0.625. The summed E-state index contributed by atoms with van der Waals surface area (Å²) in [5, 5.41) is 3.25. The molecule has 1 N–H and O–H groups in total. The lowest BCUT2D eigenvalue weighted by atomic mass is 10.1. The van der Waals surface area contributed by atoms with Crippen molar-refractivity contribution in [2.24, 2.45) is 5.92 Å². The second-order valence-electron chi connectivity index (χ2n) is 5.67. The van der Waals surface area contributed by atoms with Gasteiger partial charge in [0.1, 0.15) is 0 Å².